The summed E-state index contributed by atoms with van der Waals surface area (Å²) < 4.78 is 11.3. The second-order valence-electron chi connectivity index (χ2n) is 7.99. The van der Waals surface area contributed by atoms with Gasteiger partial charge < -0.3 is 4.74 Å². The number of ether oxygens (including phenoxy) is 1. The van der Waals surface area contributed by atoms with E-state index in [2.05, 4.69) is 25.7 Å². The van der Waals surface area contributed by atoms with E-state index in [4.69, 9.17) is 22.1 Å². The van der Waals surface area contributed by atoms with Gasteiger partial charge in [-0.05, 0) is 51.0 Å². The van der Waals surface area contributed by atoms with E-state index in [1.165, 1.54) is 12.8 Å². The molecule has 0 amide bonds. The summed E-state index contributed by atoms with van der Waals surface area (Å²) in [5.41, 5.74) is 0.767. The monoisotopic (exact) mass is 431 g/mol. The van der Waals surface area contributed by atoms with Crippen LogP contribution in [0.1, 0.15) is 46.5 Å². The highest BCUT2D eigenvalue weighted by Gasteiger charge is 2.17. The van der Waals surface area contributed by atoms with Crippen molar-refractivity contribution in [3.8, 4) is 0 Å². The lowest BCUT2D eigenvalue weighted by Gasteiger charge is -2.25. The maximum Gasteiger partial charge on any atom is 0.262 e. The SMILES string of the molecule is CCCCCN(Cn1nc2n(CCCOC)c(=O)c3ccccc3n2c1=S)C(C)C. The van der Waals surface area contributed by atoms with Crippen LogP contribution in [0.3, 0.4) is 0 Å². The molecule has 3 aromatic rings. The molecule has 2 heterocycles. The number of aromatic nitrogens is 4. The van der Waals surface area contributed by atoms with Crippen molar-refractivity contribution >= 4 is 28.9 Å². The molecule has 0 radical (unpaired) electrons. The first-order valence-electron chi connectivity index (χ1n) is 10.8. The van der Waals surface area contributed by atoms with E-state index in [1.807, 2.05) is 33.3 Å². The van der Waals surface area contributed by atoms with Crippen LogP contribution in [-0.2, 0) is 18.0 Å². The van der Waals surface area contributed by atoms with Gasteiger partial charge in [0.1, 0.15) is 0 Å². The average Bonchev–Trinajstić information content (AvgIpc) is 3.06. The van der Waals surface area contributed by atoms with Crippen LogP contribution in [0.2, 0.25) is 0 Å². The third kappa shape index (κ3) is 4.66. The van der Waals surface area contributed by atoms with Crippen LogP contribution >= 0.6 is 12.2 Å². The van der Waals surface area contributed by atoms with Crippen LogP contribution in [0.15, 0.2) is 29.1 Å². The number of benzene rings is 1. The Labute approximate surface area is 182 Å². The maximum atomic E-state index is 13.2. The highest BCUT2D eigenvalue weighted by molar-refractivity contribution is 7.71. The summed E-state index contributed by atoms with van der Waals surface area (Å²) in [4.78, 5) is 15.6. The lowest BCUT2D eigenvalue weighted by molar-refractivity contribution is 0.159. The van der Waals surface area contributed by atoms with Gasteiger partial charge in [0.15, 0.2) is 0 Å². The number of aryl methyl sites for hydroxylation is 1. The van der Waals surface area contributed by atoms with Gasteiger partial charge in [-0.1, -0.05) is 31.9 Å². The molecule has 30 heavy (non-hydrogen) atoms. The van der Waals surface area contributed by atoms with Gasteiger partial charge >= 0.3 is 0 Å². The Bertz CT molecular complexity index is 1100. The van der Waals surface area contributed by atoms with Gasteiger partial charge in [-0.2, -0.15) is 0 Å². The molecule has 0 aliphatic rings. The van der Waals surface area contributed by atoms with Crippen LogP contribution in [-0.4, -0.2) is 50.0 Å². The van der Waals surface area contributed by atoms with Gasteiger partial charge in [0, 0.05) is 32.8 Å². The molecule has 8 heteroatoms. The Morgan fingerprint density at radius 3 is 2.67 bits per heavy atom. The summed E-state index contributed by atoms with van der Waals surface area (Å²) in [7, 11) is 1.67. The van der Waals surface area contributed by atoms with E-state index in [-0.39, 0.29) is 5.56 Å². The average molecular weight is 432 g/mol. The number of unbranched alkanes of at least 4 members (excludes halogenated alkanes) is 2. The number of rotatable bonds is 11. The molecule has 7 nitrogen and oxygen atoms in total. The maximum absolute atomic E-state index is 13.2. The van der Waals surface area contributed by atoms with E-state index in [1.54, 1.807) is 11.7 Å². The standard InChI is InChI=1S/C22H33N5O2S/c1-5-6-9-13-24(17(2)3)16-26-22(30)27-19-12-8-7-11-18(19)20(28)25(21(27)23-26)14-10-15-29-4/h7-8,11-12,17H,5-6,9-10,13-16H2,1-4H3. The van der Waals surface area contributed by atoms with Crippen LogP contribution in [0.25, 0.3) is 16.7 Å². The van der Waals surface area contributed by atoms with Gasteiger partial charge in [-0.3, -0.25) is 18.7 Å². The van der Waals surface area contributed by atoms with Crippen LogP contribution in [0.4, 0.5) is 0 Å². The molecule has 0 aliphatic heterocycles. The van der Waals surface area contributed by atoms with E-state index < -0.39 is 0 Å². The van der Waals surface area contributed by atoms with Gasteiger partial charge in [-0.25, -0.2) is 4.68 Å². The van der Waals surface area contributed by atoms with E-state index >= 15 is 0 Å². The second-order valence-corrected chi connectivity index (χ2v) is 8.36. The first-order chi connectivity index (χ1) is 14.5. The quantitative estimate of drug-likeness (QED) is 0.338. The van der Waals surface area contributed by atoms with Crippen molar-refractivity contribution in [1.29, 1.82) is 0 Å². The Morgan fingerprint density at radius 2 is 1.97 bits per heavy atom. The minimum absolute atomic E-state index is 0.0370. The lowest BCUT2D eigenvalue weighted by Crippen LogP contribution is -2.34. The Kier molecular flexibility index (Phi) is 7.80. The predicted octanol–water partition coefficient (Wildman–Crippen LogP) is 4.07. The molecule has 3 rings (SSSR count). The predicted molar refractivity (Wildman–Crippen MR) is 124 cm³/mol. The minimum atomic E-state index is -0.0370. The summed E-state index contributed by atoms with van der Waals surface area (Å²) in [6, 6.07) is 7.99. The first kappa shape index (κ1) is 22.7. The molecule has 164 valence electrons. The van der Waals surface area contributed by atoms with Crippen molar-refractivity contribution in [2.24, 2.45) is 0 Å². The number of nitrogens with zero attached hydrogens (tertiary/aromatic N) is 5. The number of para-hydroxylation sites is 1. The Balaban J connectivity index is 2.10. The number of hydrogen-bond donors (Lipinski definition) is 0. The summed E-state index contributed by atoms with van der Waals surface area (Å²) in [5, 5.41) is 5.46. The fourth-order valence-corrected chi connectivity index (χ4v) is 4.04. The van der Waals surface area contributed by atoms with Crippen LogP contribution < -0.4 is 5.56 Å². The molecule has 0 aliphatic carbocycles. The number of fused-ring (bicyclic) bond motifs is 3. The molecule has 0 unspecified atom stereocenters. The van der Waals surface area contributed by atoms with Gasteiger partial charge in [0.2, 0.25) is 10.5 Å². The highest BCUT2D eigenvalue weighted by Crippen LogP contribution is 2.15. The topological polar surface area (TPSA) is 56.7 Å². The van der Waals surface area contributed by atoms with Crippen molar-refractivity contribution in [3.05, 3.63) is 39.4 Å². The van der Waals surface area contributed by atoms with Crippen LogP contribution in [0, 0.1) is 4.77 Å². The smallest absolute Gasteiger partial charge is 0.262 e. The van der Waals surface area contributed by atoms with Gasteiger partial charge in [0.05, 0.1) is 17.6 Å². The zero-order valence-electron chi connectivity index (χ0n) is 18.5. The molecule has 0 fully saturated rings. The van der Waals surface area contributed by atoms with Crippen LogP contribution in [0.5, 0.6) is 0 Å². The van der Waals surface area contributed by atoms with Crippen molar-refractivity contribution in [3.63, 3.8) is 0 Å². The zero-order valence-corrected chi connectivity index (χ0v) is 19.3. The fraction of sp³-hybridized carbons (Fsp3) is 0.591. The molecule has 0 bridgehead atoms. The molecule has 0 saturated carbocycles. The van der Waals surface area contributed by atoms with E-state index in [9.17, 15) is 4.79 Å². The number of methoxy groups -OCH3 is 1. The molecule has 0 saturated heterocycles. The van der Waals surface area contributed by atoms with Crippen molar-refractivity contribution in [2.45, 2.75) is 65.7 Å². The molecule has 0 spiro atoms. The first-order valence-corrected chi connectivity index (χ1v) is 11.2. The summed E-state index contributed by atoms with van der Waals surface area (Å²) in [6.45, 7) is 9.35. The van der Waals surface area contributed by atoms with Crippen molar-refractivity contribution < 1.29 is 4.74 Å². The number of hydrogen-bond acceptors (Lipinski definition) is 5. The molecule has 1 aromatic carbocycles. The molecular weight excluding hydrogens is 398 g/mol. The van der Waals surface area contributed by atoms with Gasteiger partial charge in [-0.15, -0.1) is 5.10 Å². The largest absolute Gasteiger partial charge is 0.385 e. The van der Waals surface area contributed by atoms with E-state index in [0.717, 1.165) is 24.9 Å². The molecule has 0 atom stereocenters. The molecular formula is C22H33N5O2S. The molecule has 2 aromatic heterocycles. The summed E-state index contributed by atoms with van der Waals surface area (Å²) in [6.07, 6.45) is 4.29. The minimum Gasteiger partial charge on any atom is -0.385 e. The molecule has 0 N–H and O–H groups in total. The normalized spacial score (nSPS) is 12.1. The van der Waals surface area contributed by atoms with Crippen molar-refractivity contribution in [1.82, 2.24) is 23.6 Å². The Hall–Kier alpha value is -2.03. The zero-order chi connectivity index (χ0) is 21.7. The summed E-state index contributed by atoms with van der Waals surface area (Å²) >= 11 is 5.83. The highest BCUT2D eigenvalue weighted by atomic mass is 32.1. The van der Waals surface area contributed by atoms with E-state index in [0.29, 0.717) is 41.8 Å². The summed E-state index contributed by atoms with van der Waals surface area (Å²) in [5.74, 6) is 0.595. The third-order valence-corrected chi connectivity index (χ3v) is 5.90. The third-order valence-electron chi connectivity index (χ3n) is 5.51. The Morgan fingerprint density at radius 1 is 1.20 bits per heavy atom. The lowest BCUT2D eigenvalue weighted by atomic mass is 10.2. The second kappa shape index (κ2) is 10.3. The fourth-order valence-electron chi connectivity index (χ4n) is 3.76. The van der Waals surface area contributed by atoms with Crippen molar-refractivity contribution in [2.75, 3.05) is 20.3 Å². The van der Waals surface area contributed by atoms with Gasteiger partial charge in [0.25, 0.3) is 5.56 Å².